The molecule has 2 amide bonds. The van der Waals surface area contributed by atoms with Gasteiger partial charge in [-0.05, 0) is 40.0 Å². The number of nitrogens with zero attached hydrogens (tertiary/aromatic N) is 2. The van der Waals surface area contributed by atoms with Gasteiger partial charge in [0.05, 0.1) is 24.0 Å². The molecule has 134 valence electrons. The van der Waals surface area contributed by atoms with Crippen molar-refractivity contribution in [3.63, 3.8) is 0 Å². The lowest BCUT2D eigenvalue weighted by molar-refractivity contribution is -0.122. The SMILES string of the molecule is CC(C)(C)OC(=O)NCCCC[C@H](N)C(=O)NCC1=NN=C2CC12. The van der Waals surface area contributed by atoms with E-state index in [-0.39, 0.29) is 5.91 Å². The molecule has 1 aliphatic carbocycles. The van der Waals surface area contributed by atoms with Crippen LogP contribution >= 0.6 is 0 Å². The molecule has 2 aliphatic rings. The van der Waals surface area contributed by atoms with Gasteiger partial charge in [-0.3, -0.25) is 4.79 Å². The van der Waals surface area contributed by atoms with E-state index in [4.69, 9.17) is 10.5 Å². The highest BCUT2D eigenvalue weighted by atomic mass is 16.6. The number of unbranched alkanes of at least 4 members (excludes halogenated alkanes) is 1. The van der Waals surface area contributed by atoms with E-state index in [1.807, 2.05) is 20.8 Å². The smallest absolute Gasteiger partial charge is 0.407 e. The summed E-state index contributed by atoms with van der Waals surface area (Å²) in [6.45, 7) is 6.37. The minimum absolute atomic E-state index is 0.174. The molecule has 0 radical (unpaired) electrons. The monoisotopic (exact) mass is 337 g/mol. The van der Waals surface area contributed by atoms with Crippen molar-refractivity contribution in [2.24, 2.45) is 21.9 Å². The van der Waals surface area contributed by atoms with Crippen LogP contribution in [0.15, 0.2) is 10.2 Å². The van der Waals surface area contributed by atoms with Crippen LogP contribution in [0.1, 0.15) is 46.5 Å². The van der Waals surface area contributed by atoms with Gasteiger partial charge in [0.15, 0.2) is 0 Å². The summed E-state index contributed by atoms with van der Waals surface area (Å²) in [4.78, 5) is 23.4. The van der Waals surface area contributed by atoms with E-state index in [0.29, 0.717) is 25.4 Å². The van der Waals surface area contributed by atoms with E-state index >= 15 is 0 Å². The second-order valence-electron chi connectivity index (χ2n) is 7.19. The maximum absolute atomic E-state index is 11.9. The fourth-order valence-electron chi connectivity index (χ4n) is 2.36. The third-order valence-electron chi connectivity index (χ3n) is 3.76. The molecule has 0 saturated heterocycles. The van der Waals surface area contributed by atoms with E-state index in [1.165, 1.54) is 0 Å². The summed E-state index contributed by atoms with van der Waals surface area (Å²) >= 11 is 0. The predicted molar refractivity (Wildman–Crippen MR) is 92.0 cm³/mol. The van der Waals surface area contributed by atoms with Crippen LogP contribution in [-0.2, 0) is 9.53 Å². The lowest BCUT2D eigenvalue weighted by Crippen LogP contribution is -2.42. The zero-order valence-electron chi connectivity index (χ0n) is 14.6. The van der Waals surface area contributed by atoms with E-state index < -0.39 is 17.7 Å². The van der Waals surface area contributed by atoms with Crippen molar-refractivity contribution in [2.45, 2.75) is 58.1 Å². The average molecular weight is 337 g/mol. The fraction of sp³-hybridized carbons (Fsp3) is 0.750. The summed E-state index contributed by atoms with van der Waals surface area (Å²) in [5.41, 5.74) is 7.42. The molecule has 4 N–H and O–H groups in total. The van der Waals surface area contributed by atoms with Crippen molar-refractivity contribution in [1.82, 2.24) is 10.6 Å². The Labute approximate surface area is 142 Å². The number of hydrogen-bond acceptors (Lipinski definition) is 6. The summed E-state index contributed by atoms with van der Waals surface area (Å²) < 4.78 is 5.14. The van der Waals surface area contributed by atoms with Crippen molar-refractivity contribution >= 4 is 23.4 Å². The van der Waals surface area contributed by atoms with Gasteiger partial charge in [0, 0.05) is 18.9 Å². The molecule has 2 rings (SSSR count). The van der Waals surface area contributed by atoms with E-state index in [0.717, 1.165) is 30.7 Å². The molecule has 0 aromatic heterocycles. The third kappa shape index (κ3) is 5.92. The Balaban J connectivity index is 1.50. The molecule has 0 aromatic rings. The minimum atomic E-state index is -0.548. The molecule has 1 heterocycles. The summed E-state index contributed by atoms with van der Waals surface area (Å²) in [6.07, 6.45) is 2.61. The summed E-state index contributed by atoms with van der Waals surface area (Å²) in [7, 11) is 0. The highest BCUT2D eigenvalue weighted by Crippen LogP contribution is 2.32. The second-order valence-corrected chi connectivity index (χ2v) is 7.19. The summed E-state index contributed by atoms with van der Waals surface area (Å²) in [5.74, 6) is 0.187. The Kier molecular flexibility index (Phi) is 5.93. The average Bonchev–Trinajstić information content (AvgIpc) is 3.15. The number of hydrogen-bond donors (Lipinski definition) is 3. The Morgan fingerprint density at radius 3 is 2.62 bits per heavy atom. The van der Waals surface area contributed by atoms with Crippen LogP contribution in [0.4, 0.5) is 4.79 Å². The van der Waals surface area contributed by atoms with Gasteiger partial charge in [0.1, 0.15) is 5.60 Å². The first kappa shape index (κ1) is 18.4. The molecular weight excluding hydrogens is 310 g/mol. The van der Waals surface area contributed by atoms with Crippen LogP contribution in [0.2, 0.25) is 0 Å². The van der Waals surface area contributed by atoms with Crippen molar-refractivity contribution in [2.75, 3.05) is 13.1 Å². The summed E-state index contributed by atoms with van der Waals surface area (Å²) in [6, 6.07) is -0.548. The normalized spacial score (nSPS) is 19.8. The molecule has 8 nitrogen and oxygen atoms in total. The number of ether oxygens (including phenoxy) is 1. The Morgan fingerprint density at radius 2 is 2.04 bits per heavy atom. The lowest BCUT2D eigenvalue weighted by Gasteiger charge is -2.19. The maximum Gasteiger partial charge on any atom is 0.407 e. The van der Waals surface area contributed by atoms with E-state index in [1.54, 1.807) is 0 Å². The topological polar surface area (TPSA) is 118 Å². The van der Waals surface area contributed by atoms with Gasteiger partial charge in [-0.25, -0.2) is 4.79 Å². The molecule has 0 aromatic carbocycles. The van der Waals surface area contributed by atoms with Crippen LogP contribution in [0, 0.1) is 5.92 Å². The molecule has 0 bridgehead atoms. The number of rotatable bonds is 8. The zero-order chi connectivity index (χ0) is 17.7. The quantitative estimate of drug-likeness (QED) is 0.571. The van der Waals surface area contributed by atoms with Gasteiger partial charge in [0.2, 0.25) is 5.91 Å². The fourth-order valence-corrected chi connectivity index (χ4v) is 2.36. The number of nitrogens with one attached hydrogen (secondary N) is 2. The van der Waals surface area contributed by atoms with Crippen molar-refractivity contribution in [3.8, 4) is 0 Å². The molecule has 0 spiro atoms. The van der Waals surface area contributed by atoms with Crippen molar-refractivity contribution in [3.05, 3.63) is 0 Å². The van der Waals surface area contributed by atoms with E-state index in [2.05, 4.69) is 20.8 Å². The number of carbonyl (C=O) groups is 2. The van der Waals surface area contributed by atoms with Crippen LogP contribution in [-0.4, -0.2) is 48.2 Å². The third-order valence-corrected chi connectivity index (χ3v) is 3.76. The predicted octanol–water partition coefficient (Wildman–Crippen LogP) is 0.955. The first-order valence-corrected chi connectivity index (χ1v) is 8.39. The van der Waals surface area contributed by atoms with E-state index in [9.17, 15) is 9.59 Å². The molecule has 2 atom stereocenters. The van der Waals surface area contributed by atoms with Crippen LogP contribution < -0.4 is 16.4 Å². The molecule has 1 aliphatic heterocycles. The molecule has 8 heteroatoms. The second kappa shape index (κ2) is 7.74. The molecular formula is C16H27N5O3. The van der Waals surface area contributed by atoms with Crippen LogP contribution in [0.3, 0.4) is 0 Å². The van der Waals surface area contributed by atoms with Gasteiger partial charge in [-0.2, -0.15) is 10.2 Å². The number of carbonyl (C=O) groups excluding carboxylic acids is 2. The number of amides is 2. The van der Waals surface area contributed by atoms with Crippen LogP contribution in [0.5, 0.6) is 0 Å². The standard InChI is InChI=1S/C16H27N5O3/c1-16(2,3)24-15(23)18-7-5-4-6-11(17)14(22)19-9-13-10-8-12(10)20-21-13/h10-11H,4-9,17H2,1-3H3,(H,18,23)(H,19,22)/t10?,11-/m0/s1. The highest BCUT2D eigenvalue weighted by Gasteiger charge is 2.40. The van der Waals surface area contributed by atoms with Gasteiger partial charge < -0.3 is 21.1 Å². The zero-order valence-corrected chi connectivity index (χ0v) is 14.6. The highest BCUT2D eigenvalue weighted by molar-refractivity contribution is 6.22. The Hall–Kier alpha value is -1.96. The maximum atomic E-state index is 11.9. The Bertz CT molecular complexity index is 550. The van der Waals surface area contributed by atoms with Gasteiger partial charge in [-0.1, -0.05) is 0 Å². The van der Waals surface area contributed by atoms with Gasteiger partial charge >= 0.3 is 6.09 Å². The van der Waals surface area contributed by atoms with Gasteiger partial charge in [-0.15, -0.1) is 0 Å². The lowest BCUT2D eigenvalue weighted by atomic mass is 10.1. The van der Waals surface area contributed by atoms with Crippen LogP contribution in [0.25, 0.3) is 0 Å². The summed E-state index contributed by atoms with van der Waals surface area (Å²) in [5, 5.41) is 13.5. The number of alkyl carbamates (subject to hydrolysis) is 1. The molecule has 1 saturated carbocycles. The number of fused-ring (bicyclic) bond motifs is 1. The largest absolute Gasteiger partial charge is 0.444 e. The minimum Gasteiger partial charge on any atom is -0.444 e. The molecule has 1 fully saturated rings. The Morgan fingerprint density at radius 1 is 1.29 bits per heavy atom. The van der Waals surface area contributed by atoms with Crippen molar-refractivity contribution < 1.29 is 14.3 Å². The first-order chi connectivity index (χ1) is 11.3. The van der Waals surface area contributed by atoms with Crippen molar-refractivity contribution in [1.29, 1.82) is 0 Å². The first-order valence-electron chi connectivity index (χ1n) is 8.39. The molecule has 1 unspecified atom stereocenters. The number of nitrogens with two attached hydrogens (primary N) is 1. The van der Waals surface area contributed by atoms with Gasteiger partial charge in [0.25, 0.3) is 0 Å². The molecule has 24 heavy (non-hydrogen) atoms.